The maximum atomic E-state index is 6.46. The third kappa shape index (κ3) is 3.32. The zero-order valence-corrected chi connectivity index (χ0v) is 17.2. The quantitative estimate of drug-likeness (QED) is 0.392. The summed E-state index contributed by atoms with van der Waals surface area (Å²) in [4.78, 5) is 0. The van der Waals surface area contributed by atoms with Gasteiger partial charge < -0.3 is 4.42 Å². The summed E-state index contributed by atoms with van der Waals surface area (Å²) in [6.45, 7) is 6.00. The van der Waals surface area contributed by atoms with E-state index in [2.05, 4.69) is 10.2 Å². The molecule has 5 nitrogen and oxygen atoms in total. The van der Waals surface area contributed by atoms with Crippen LogP contribution in [0.1, 0.15) is 31.2 Å². The summed E-state index contributed by atoms with van der Waals surface area (Å²) in [7, 11) is 0. The van der Waals surface area contributed by atoms with Crippen LogP contribution in [0.4, 0.5) is 0 Å². The van der Waals surface area contributed by atoms with Gasteiger partial charge in [0, 0.05) is 22.1 Å². The first-order valence-corrected chi connectivity index (χ1v) is 9.65. The van der Waals surface area contributed by atoms with Crippen molar-refractivity contribution >= 4 is 23.2 Å². The van der Waals surface area contributed by atoms with Crippen molar-refractivity contribution in [3.05, 3.63) is 70.0 Å². The first-order chi connectivity index (χ1) is 13.5. The molecule has 0 aliphatic rings. The third-order valence-corrected chi connectivity index (χ3v) is 5.03. The van der Waals surface area contributed by atoms with Gasteiger partial charge in [-0.05, 0) is 31.2 Å². The molecule has 4 rings (SSSR count). The number of hydrogen-bond acceptors (Lipinski definition) is 4. The lowest BCUT2D eigenvalue weighted by molar-refractivity contribution is 0.479. The summed E-state index contributed by atoms with van der Waals surface area (Å²) in [5.74, 6) is 1.11. The van der Waals surface area contributed by atoms with Crippen LogP contribution < -0.4 is 0 Å². The molecule has 142 valence electrons. The number of benzene rings is 2. The average molecular weight is 413 g/mol. The number of rotatable bonds is 4. The molecular formula is C21H18Cl2N4O. The van der Waals surface area contributed by atoms with Crippen molar-refractivity contribution < 1.29 is 4.42 Å². The number of halogens is 2. The van der Waals surface area contributed by atoms with Crippen LogP contribution >= 0.6 is 23.2 Å². The van der Waals surface area contributed by atoms with Gasteiger partial charge in [0.15, 0.2) is 5.69 Å². The van der Waals surface area contributed by atoms with Crippen LogP contribution in [0.25, 0.3) is 28.5 Å². The molecule has 0 amide bonds. The number of nitrogens with zero attached hydrogens (tertiary/aromatic N) is 4. The molecule has 0 bridgehead atoms. The second kappa shape index (κ2) is 7.41. The predicted molar refractivity (Wildman–Crippen MR) is 111 cm³/mol. The normalized spacial score (nSPS) is 11.4. The fourth-order valence-electron chi connectivity index (χ4n) is 3.01. The molecular weight excluding hydrogens is 395 g/mol. The van der Waals surface area contributed by atoms with Gasteiger partial charge in [0.05, 0.1) is 16.4 Å². The van der Waals surface area contributed by atoms with Crippen LogP contribution in [0, 0.1) is 6.92 Å². The van der Waals surface area contributed by atoms with Crippen molar-refractivity contribution in [1.82, 2.24) is 20.0 Å². The summed E-state index contributed by atoms with van der Waals surface area (Å²) >= 11 is 12.5. The van der Waals surface area contributed by atoms with Crippen molar-refractivity contribution in [2.45, 2.75) is 26.7 Å². The van der Waals surface area contributed by atoms with E-state index in [-0.39, 0.29) is 5.92 Å². The van der Waals surface area contributed by atoms with E-state index in [4.69, 9.17) is 32.7 Å². The van der Waals surface area contributed by atoms with Gasteiger partial charge in [0.1, 0.15) is 0 Å². The Morgan fingerprint density at radius 2 is 1.68 bits per heavy atom. The molecule has 2 aromatic carbocycles. The van der Waals surface area contributed by atoms with Gasteiger partial charge in [-0.25, -0.2) is 4.68 Å². The maximum absolute atomic E-state index is 6.46. The predicted octanol–water partition coefficient (Wildman–Crippen LogP) is 6.33. The van der Waals surface area contributed by atoms with Crippen molar-refractivity contribution in [1.29, 1.82) is 0 Å². The molecule has 7 heteroatoms. The Balaban J connectivity index is 1.96. The fraction of sp³-hybridized carbons (Fsp3) is 0.190. The Hall–Kier alpha value is -2.63. The van der Waals surface area contributed by atoms with Crippen LogP contribution in [0.15, 0.2) is 52.9 Å². The summed E-state index contributed by atoms with van der Waals surface area (Å²) in [5, 5.41) is 14.4. The molecule has 0 fully saturated rings. The topological polar surface area (TPSA) is 56.7 Å². The highest BCUT2D eigenvalue weighted by atomic mass is 35.5. The molecule has 0 atom stereocenters. The van der Waals surface area contributed by atoms with Crippen LogP contribution in [-0.2, 0) is 0 Å². The molecule has 0 radical (unpaired) electrons. The number of para-hydroxylation sites is 1. The van der Waals surface area contributed by atoms with E-state index in [0.717, 1.165) is 22.5 Å². The lowest BCUT2D eigenvalue weighted by Gasteiger charge is -2.10. The highest BCUT2D eigenvalue weighted by Gasteiger charge is 2.23. The minimum absolute atomic E-state index is 0.142. The van der Waals surface area contributed by atoms with Crippen LogP contribution in [-0.4, -0.2) is 20.0 Å². The molecule has 4 aromatic rings. The molecule has 2 heterocycles. The van der Waals surface area contributed by atoms with E-state index >= 15 is 0 Å². The Morgan fingerprint density at radius 1 is 0.964 bits per heavy atom. The molecule has 0 aliphatic carbocycles. The van der Waals surface area contributed by atoms with E-state index in [0.29, 0.717) is 27.5 Å². The molecule has 28 heavy (non-hydrogen) atoms. The summed E-state index contributed by atoms with van der Waals surface area (Å²) < 4.78 is 7.66. The zero-order chi connectivity index (χ0) is 19.8. The monoisotopic (exact) mass is 412 g/mol. The molecule has 0 aliphatic heterocycles. The smallest absolute Gasteiger partial charge is 0.268 e. The van der Waals surface area contributed by atoms with Crippen molar-refractivity contribution in [3.8, 4) is 28.5 Å². The van der Waals surface area contributed by atoms with Crippen LogP contribution in [0.5, 0.6) is 0 Å². The Morgan fingerprint density at radius 3 is 2.32 bits per heavy atom. The highest BCUT2D eigenvalue weighted by Crippen LogP contribution is 2.35. The lowest BCUT2D eigenvalue weighted by atomic mass is 10.1. The molecule has 0 N–H and O–H groups in total. The Labute approximate surface area is 172 Å². The maximum Gasteiger partial charge on any atom is 0.268 e. The highest BCUT2D eigenvalue weighted by molar-refractivity contribution is 6.32. The van der Waals surface area contributed by atoms with Gasteiger partial charge in [0.2, 0.25) is 5.89 Å². The van der Waals surface area contributed by atoms with Gasteiger partial charge in [-0.2, -0.15) is 5.10 Å². The van der Waals surface area contributed by atoms with Crippen molar-refractivity contribution in [3.63, 3.8) is 0 Å². The fourth-order valence-corrected chi connectivity index (χ4v) is 3.35. The van der Waals surface area contributed by atoms with Gasteiger partial charge in [-0.15, -0.1) is 10.2 Å². The van der Waals surface area contributed by atoms with E-state index in [1.165, 1.54) is 0 Å². The molecule has 2 aromatic heterocycles. The zero-order valence-electron chi connectivity index (χ0n) is 15.6. The number of hydrogen-bond donors (Lipinski definition) is 0. The van der Waals surface area contributed by atoms with Crippen LogP contribution in [0.2, 0.25) is 10.0 Å². The van der Waals surface area contributed by atoms with Crippen molar-refractivity contribution in [2.24, 2.45) is 0 Å². The summed E-state index contributed by atoms with van der Waals surface area (Å²) in [6.07, 6.45) is 0. The standard InChI is InChI=1S/C21H18Cl2N4O/c1-12(2)20-24-25-21(28-20)18-13(3)19(14-8-10-15(22)11-9-14)27(26-18)17-7-5-4-6-16(17)23/h4-12H,1-3H3. The van der Waals surface area contributed by atoms with Gasteiger partial charge in [-0.1, -0.05) is 61.3 Å². The minimum Gasteiger partial charge on any atom is -0.419 e. The SMILES string of the molecule is Cc1c(-c2nnc(C(C)C)o2)nn(-c2ccccc2Cl)c1-c1ccc(Cl)cc1. The second-order valence-corrected chi connectivity index (χ2v) is 7.64. The largest absolute Gasteiger partial charge is 0.419 e. The van der Waals surface area contributed by atoms with Gasteiger partial charge >= 0.3 is 0 Å². The van der Waals surface area contributed by atoms with E-state index < -0.39 is 0 Å². The molecule has 0 saturated carbocycles. The first kappa shape index (κ1) is 18.7. The van der Waals surface area contributed by atoms with Crippen molar-refractivity contribution in [2.75, 3.05) is 0 Å². The molecule has 0 saturated heterocycles. The summed E-state index contributed by atoms with van der Waals surface area (Å²) in [5.41, 5.74) is 4.17. The van der Waals surface area contributed by atoms with Crippen LogP contribution in [0.3, 0.4) is 0 Å². The minimum atomic E-state index is 0.142. The number of aromatic nitrogens is 4. The summed E-state index contributed by atoms with van der Waals surface area (Å²) in [6, 6.07) is 15.2. The van der Waals surface area contributed by atoms with E-state index in [9.17, 15) is 0 Å². The first-order valence-electron chi connectivity index (χ1n) is 8.90. The van der Waals surface area contributed by atoms with E-state index in [1.807, 2.05) is 74.0 Å². The molecule has 0 spiro atoms. The average Bonchev–Trinajstić information content (AvgIpc) is 3.28. The molecule has 0 unspecified atom stereocenters. The second-order valence-electron chi connectivity index (χ2n) is 6.79. The Bertz CT molecular complexity index is 1130. The Kier molecular flexibility index (Phi) is 4.96. The third-order valence-electron chi connectivity index (χ3n) is 4.46. The van der Waals surface area contributed by atoms with Gasteiger partial charge in [0.25, 0.3) is 5.89 Å². The van der Waals surface area contributed by atoms with E-state index in [1.54, 1.807) is 0 Å². The van der Waals surface area contributed by atoms with Gasteiger partial charge in [-0.3, -0.25) is 0 Å². The lowest BCUT2D eigenvalue weighted by Crippen LogP contribution is -2.00.